The first-order valence-corrected chi connectivity index (χ1v) is 8.55. The minimum absolute atomic E-state index is 0.695. The van der Waals surface area contributed by atoms with Crippen molar-refractivity contribution in [3.05, 3.63) is 20.8 Å². The molecule has 100 valence electrons. The molecule has 0 spiro atoms. The molecule has 3 heterocycles. The quantitative estimate of drug-likeness (QED) is 0.818. The smallest absolute Gasteiger partial charge is 0.0701 e. The fourth-order valence-corrected chi connectivity index (χ4v) is 4.78. The highest BCUT2D eigenvalue weighted by atomic mass is 79.9. The van der Waals surface area contributed by atoms with Crippen LogP contribution in [0.15, 0.2) is 15.9 Å². The number of rotatable bonds is 2. The van der Waals surface area contributed by atoms with Crippen LogP contribution < -0.4 is 0 Å². The monoisotopic (exact) mass is 328 g/mol. The number of thiophene rings is 1. The third-order valence-electron chi connectivity index (χ3n) is 4.30. The van der Waals surface area contributed by atoms with E-state index in [0.29, 0.717) is 6.04 Å². The Labute approximate surface area is 122 Å². The van der Waals surface area contributed by atoms with Gasteiger partial charge in [0.15, 0.2) is 0 Å². The molecule has 0 N–H and O–H groups in total. The van der Waals surface area contributed by atoms with Crippen LogP contribution in [0.1, 0.15) is 31.1 Å². The van der Waals surface area contributed by atoms with Gasteiger partial charge in [-0.1, -0.05) is 6.42 Å². The van der Waals surface area contributed by atoms with E-state index in [9.17, 15) is 0 Å². The Kier molecular flexibility index (Phi) is 4.09. The highest BCUT2D eigenvalue weighted by Gasteiger charge is 2.32. The van der Waals surface area contributed by atoms with Crippen molar-refractivity contribution in [3.8, 4) is 0 Å². The SMILES string of the molecule is CC1CN2CCCCC2CN1Cc1ccc(Br)s1. The maximum Gasteiger partial charge on any atom is 0.0701 e. The molecule has 2 unspecified atom stereocenters. The average Bonchev–Trinajstić information content (AvgIpc) is 2.76. The summed E-state index contributed by atoms with van der Waals surface area (Å²) in [7, 11) is 0. The first-order chi connectivity index (χ1) is 8.72. The fourth-order valence-electron chi connectivity index (χ4n) is 3.27. The third-order valence-corrected chi connectivity index (χ3v) is 5.91. The van der Waals surface area contributed by atoms with Crippen molar-refractivity contribution < 1.29 is 0 Å². The van der Waals surface area contributed by atoms with Crippen molar-refractivity contribution in [2.45, 2.75) is 44.8 Å². The number of hydrogen-bond donors (Lipinski definition) is 0. The normalized spacial score (nSPS) is 30.3. The van der Waals surface area contributed by atoms with Crippen molar-refractivity contribution in [3.63, 3.8) is 0 Å². The van der Waals surface area contributed by atoms with Crippen LogP contribution in [0.5, 0.6) is 0 Å². The molecule has 0 bridgehead atoms. The second-order valence-electron chi connectivity index (χ2n) is 5.63. The topological polar surface area (TPSA) is 6.48 Å². The predicted octanol–water partition coefficient (Wildman–Crippen LogP) is 3.57. The van der Waals surface area contributed by atoms with Crippen molar-refractivity contribution in [1.82, 2.24) is 9.80 Å². The van der Waals surface area contributed by atoms with E-state index in [0.717, 1.165) is 12.6 Å². The molecule has 0 aromatic carbocycles. The van der Waals surface area contributed by atoms with E-state index < -0.39 is 0 Å². The second kappa shape index (κ2) is 5.61. The molecule has 1 aromatic heterocycles. The van der Waals surface area contributed by atoms with Gasteiger partial charge in [0, 0.05) is 36.6 Å². The summed E-state index contributed by atoms with van der Waals surface area (Å²) in [5.41, 5.74) is 0. The Morgan fingerprint density at radius 3 is 3.00 bits per heavy atom. The molecule has 2 aliphatic rings. The summed E-state index contributed by atoms with van der Waals surface area (Å²) in [5.74, 6) is 0. The molecule has 0 aliphatic carbocycles. The summed E-state index contributed by atoms with van der Waals surface area (Å²) in [4.78, 5) is 6.87. The van der Waals surface area contributed by atoms with Crippen molar-refractivity contribution >= 4 is 27.3 Å². The zero-order valence-corrected chi connectivity index (χ0v) is 13.3. The molecule has 18 heavy (non-hydrogen) atoms. The molecular weight excluding hydrogens is 308 g/mol. The van der Waals surface area contributed by atoms with Crippen LogP contribution in [0, 0.1) is 0 Å². The summed E-state index contributed by atoms with van der Waals surface area (Å²) in [6.45, 7) is 7.36. The minimum Gasteiger partial charge on any atom is -0.298 e. The van der Waals surface area contributed by atoms with Gasteiger partial charge in [0.2, 0.25) is 0 Å². The van der Waals surface area contributed by atoms with Gasteiger partial charge in [0.1, 0.15) is 0 Å². The van der Waals surface area contributed by atoms with Gasteiger partial charge in [-0.15, -0.1) is 11.3 Å². The number of piperazine rings is 1. The Morgan fingerprint density at radius 1 is 1.33 bits per heavy atom. The van der Waals surface area contributed by atoms with Gasteiger partial charge in [0.05, 0.1) is 3.79 Å². The maximum atomic E-state index is 3.56. The predicted molar refractivity (Wildman–Crippen MR) is 81.1 cm³/mol. The number of piperidine rings is 1. The van der Waals surface area contributed by atoms with Crippen LogP contribution in [0.2, 0.25) is 0 Å². The van der Waals surface area contributed by atoms with Crippen LogP contribution >= 0.6 is 27.3 Å². The van der Waals surface area contributed by atoms with E-state index in [-0.39, 0.29) is 0 Å². The average molecular weight is 329 g/mol. The molecule has 0 saturated carbocycles. The highest BCUT2D eigenvalue weighted by molar-refractivity contribution is 9.11. The molecule has 2 fully saturated rings. The molecule has 0 radical (unpaired) electrons. The summed E-state index contributed by atoms with van der Waals surface area (Å²) < 4.78 is 1.25. The Balaban J connectivity index is 1.65. The molecule has 3 rings (SSSR count). The first kappa shape index (κ1) is 13.1. The van der Waals surface area contributed by atoms with Crippen LogP contribution in [0.4, 0.5) is 0 Å². The minimum atomic E-state index is 0.695. The lowest BCUT2D eigenvalue weighted by Gasteiger charge is -2.47. The van der Waals surface area contributed by atoms with Gasteiger partial charge in [-0.05, 0) is 54.4 Å². The summed E-state index contributed by atoms with van der Waals surface area (Å²) in [6.07, 6.45) is 4.23. The zero-order valence-electron chi connectivity index (χ0n) is 10.9. The van der Waals surface area contributed by atoms with Gasteiger partial charge in [0.25, 0.3) is 0 Å². The van der Waals surface area contributed by atoms with Crippen molar-refractivity contribution in [2.24, 2.45) is 0 Å². The van der Waals surface area contributed by atoms with Gasteiger partial charge >= 0.3 is 0 Å². The maximum absolute atomic E-state index is 3.56. The summed E-state index contributed by atoms with van der Waals surface area (Å²) in [5, 5.41) is 0. The molecule has 2 aliphatic heterocycles. The Bertz CT molecular complexity index is 406. The molecular formula is C14H21BrN2S. The number of nitrogens with zero attached hydrogens (tertiary/aromatic N) is 2. The van der Waals surface area contributed by atoms with E-state index in [4.69, 9.17) is 0 Å². The van der Waals surface area contributed by atoms with Gasteiger partial charge < -0.3 is 0 Å². The third kappa shape index (κ3) is 2.82. The highest BCUT2D eigenvalue weighted by Crippen LogP contribution is 2.28. The number of fused-ring (bicyclic) bond motifs is 1. The molecule has 1 aromatic rings. The largest absolute Gasteiger partial charge is 0.298 e. The van der Waals surface area contributed by atoms with Crippen LogP contribution in [0.25, 0.3) is 0 Å². The number of hydrogen-bond acceptors (Lipinski definition) is 3. The van der Waals surface area contributed by atoms with Crippen LogP contribution in [0.3, 0.4) is 0 Å². The van der Waals surface area contributed by atoms with E-state index in [2.05, 4.69) is 44.8 Å². The second-order valence-corrected chi connectivity index (χ2v) is 8.18. The fraction of sp³-hybridized carbons (Fsp3) is 0.714. The molecule has 4 heteroatoms. The van der Waals surface area contributed by atoms with E-state index in [1.54, 1.807) is 0 Å². The summed E-state index contributed by atoms with van der Waals surface area (Å²) >= 11 is 5.43. The zero-order chi connectivity index (χ0) is 12.5. The number of halogens is 1. The molecule has 2 atom stereocenters. The lowest BCUT2D eigenvalue weighted by Crippen LogP contribution is -2.58. The van der Waals surface area contributed by atoms with Crippen molar-refractivity contribution in [1.29, 1.82) is 0 Å². The summed E-state index contributed by atoms with van der Waals surface area (Å²) in [6, 6.07) is 5.94. The lowest BCUT2D eigenvalue weighted by atomic mass is 9.97. The molecule has 2 nitrogen and oxygen atoms in total. The van der Waals surface area contributed by atoms with Gasteiger partial charge in [-0.2, -0.15) is 0 Å². The molecule has 0 amide bonds. The van der Waals surface area contributed by atoms with Crippen molar-refractivity contribution in [2.75, 3.05) is 19.6 Å². The van der Waals surface area contributed by atoms with E-state index >= 15 is 0 Å². The standard InChI is InChI=1S/C14H21BrN2S/c1-11-8-16-7-3-2-4-12(16)9-17(11)10-13-5-6-14(15)18-13/h5-6,11-12H,2-4,7-10H2,1H3. The van der Waals surface area contributed by atoms with E-state index in [1.165, 1.54) is 47.6 Å². The van der Waals surface area contributed by atoms with E-state index in [1.807, 2.05) is 11.3 Å². The van der Waals surface area contributed by atoms with Crippen LogP contribution in [-0.2, 0) is 6.54 Å². The Morgan fingerprint density at radius 2 is 2.22 bits per heavy atom. The molecule has 2 saturated heterocycles. The van der Waals surface area contributed by atoms with Gasteiger partial charge in [-0.3, -0.25) is 9.80 Å². The Hall–Kier alpha value is 0.1000. The van der Waals surface area contributed by atoms with Crippen LogP contribution in [-0.4, -0.2) is 41.5 Å². The lowest BCUT2D eigenvalue weighted by molar-refractivity contribution is 0.0116. The van der Waals surface area contributed by atoms with Gasteiger partial charge in [-0.25, -0.2) is 0 Å². The first-order valence-electron chi connectivity index (χ1n) is 6.94.